The van der Waals surface area contributed by atoms with Crippen molar-refractivity contribution < 1.29 is 38.7 Å². The highest BCUT2D eigenvalue weighted by molar-refractivity contribution is 6.99. The van der Waals surface area contributed by atoms with Crippen LogP contribution in [0, 0.1) is 17.8 Å². The number of phenols is 1. The lowest BCUT2D eigenvalue weighted by molar-refractivity contribution is -0.141. The molecule has 0 bridgehead atoms. The van der Waals surface area contributed by atoms with Crippen LogP contribution >= 0.6 is 0 Å². The minimum absolute atomic E-state index is 0.0419. The summed E-state index contributed by atoms with van der Waals surface area (Å²) < 4.78 is 14.0. The van der Waals surface area contributed by atoms with E-state index in [0.29, 0.717) is 44.1 Å². The molecule has 2 fully saturated rings. The Morgan fingerprint density at radius 2 is 1.55 bits per heavy atom. The first-order valence-corrected chi connectivity index (χ1v) is 23.1. The fourth-order valence-corrected chi connectivity index (χ4v) is 14.3. The Hall–Kier alpha value is -5.14. The lowest BCUT2D eigenvalue weighted by atomic mass is 9.58. The number of aromatic hydroxyl groups is 1. The SMILES string of the molecule is CC(C)(C)[Si](OCC1=C2[C@@H](CC/C(=C/c3ccccc3O)c3ccccn3)OB(O)C[C@@H]2[C@@H]2C(=O)N(CCCCCC(=O)O)C(=O)[C@@H]2C1)(c1ccccc1)c1ccccc1. The van der Waals surface area contributed by atoms with Gasteiger partial charge in [0.05, 0.1) is 30.2 Å². The molecule has 1 aromatic heterocycles. The van der Waals surface area contributed by atoms with Crippen LogP contribution in [0.5, 0.6) is 5.75 Å². The van der Waals surface area contributed by atoms with Crippen molar-refractivity contribution in [1.82, 2.24) is 9.88 Å². The largest absolute Gasteiger partial charge is 0.507 e. The molecule has 2 aliphatic heterocycles. The molecule has 4 atom stereocenters. The number of phenolic OH excluding ortho intramolecular Hbond substituents is 1. The van der Waals surface area contributed by atoms with Gasteiger partial charge in [0, 0.05) is 24.7 Å². The van der Waals surface area contributed by atoms with Crippen molar-refractivity contribution in [3.05, 3.63) is 132 Å². The molecule has 60 heavy (non-hydrogen) atoms. The molecule has 2 amide bonds. The number of carbonyl (C=O) groups excluding carboxylic acids is 2. The molecule has 12 heteroatoms. The maximum absolute atomic E-state index is 14.4. The molecule has 0 spiro atoms. The summed E-state index contributed by atoms with van der Waals surface area (Å²) in [5.74, 6) is -2.89. The predicted octanol–water partition coefficient (Wildman–Crippen LogP) is 7.13. The molecule has 10 nitrogen and oxygen atoms in total. The van der Waals surface area contributed by atoms with E-state index < -0.39 is 45.3 Å². The van der Waals surface area contributed by atoms with E-state index in [-0.39, 0.29) is 48.5 Å². The summed E-state index contributed by atoms with van der Waals surface area (Å²) in [6, 6.07) is 33.6. The number of imide groups is 1. The first-order valence-electron chi connectivity index (χ1n) is 21.2. The predicted molar refractivity (Wildman–Crippen MR) is 236 cm³/mol. The lowest BCUT2D eigenvalue weighted by Gasteiger charge is -2.46. The maximum atomic E-state index is 14.4. The molecule has 312 valence electrons. The third-order valence-corrected chi connectivity index (χ3v) is 17.5. The number of carboxylic acid groups (broad SMARTS) is 1. The van der Waals surface area contributed by atoms with Crippen molar-refractivity contribution in [1.29, 1.82) is 0 Å². The summed E-state index contributed by atoms with van der Waals surface area (Å²) in [5.41, 5.74) is 4.12. The van der Waals surface area contributed by atoms with Crippen molar-refractivity contribution >= 4 is 55.2 Å². The molecule has 0 radical (unpaired) electrons. The minimum Gasteiger partial charge on any atom is -0.507 e. The molecule has 3 heterocycles. The molecule has 4 aromatic rings. The van der Waals surface area contributed by atoms with Crippen molar-refractivity contribution in [2.24, 2.45) is 17.8 Å². The monoisotopic (exact) mass is 826 g/mol. The average Bonchev–Trinajstić information content (AvgIpc) is 3.47. The number of pyridine rings is 1. The number of aliphatic carboxylic acids is 1. The van der Waals surface area contributed by atoms with E-state index in [1.165, 1.54) is 4.90 Å². The van der Waals surface area contributed by atoms with Crippen LogP contribution in [0.3, 0.4) is 0 Å². The molecule has 0 unspecified atom stereocenters. The van der Waals surface area contributed by atoms with Crippen molar-refractivity contribution in [3.63, 3.8) is 0 Å². The number of nitrogens with zero attached hydrogens (tertiary/aromatic N) is 2. The first-order chi connectivity index (χ1) is 28.9. The quantitative estimate of drug-likeness (QED) is 0.0465. The summed E-state index contributed by atoms with van der Waals surface area (Å²) in [6.45, 7) is 7.12. The maximum Gasteiger partial charge on any atom is 0.455 e. The van der Waals surface area contributed by atoms with Crippen LogP contribution in [0.15, 0.2) is 120 Å². The molecule has 2 saturated heterocycles. The molecule has 1 aliphatic carbocycles. The van der Waals surface area contributed by atoms with E-state index >= 15 is 0 Å². The van der Waals surface area contributed by atoms with Crippen LogP contribution in [0.1, 0.15) is 77.0 Å². The van der Waals surface area contributed by atoms with Crippen molar-refractivity contribution in [2.45, 2.75) is 83.2 Å². The number of likely N-dealkylation sites (tertiary alicyclic amines) is 1. The Morgan fingerprint density at radius 1 is 0.883 bits per heavy atom. The van der Waals surface area contributed by atoms with Crippen LogP contribution in [0.4, 0.5) is 0 Å². The molecule has 3 N–H and O–H groups in total. The number of hydrogen-bond donors (Lipinski definition) is 3. The van der Waals surface area contributed by atoms with Crippen LogP contribution in [-0.2, 0) is 23.5 Å². The van der Waals surface area contributed by atoms with E-state index in [9.17, 15) is 24.5 Å². The zero-order chi connectivity index (χ0) is 42.4. The number of hydrogen-bond acceptors (Lipinski definition) is 8. The Labute approximate surface area is 354 Å². The smallest absolute Gasteiger partial charge is 0.455 e. The van der Waals surface area contributed by atoms with Crippen LogP contribution < -0.4 is 10.4 Å². The van der Waals surface area contributed by atoms with Gasteiger partial charge in [-0.3, -0.25) is 24.3 Å². The van der Waals surface area contributed by atoms with Gasteiger partial charge in [0.25, 0.3) is 8.32 Å². The summed E-state index contributed by atoms with van der Waals surface area (Å²) >= 11 is 0. The number of aromatic nitrogens is 1. The van der Waals surface area contributed by atoms with E-state index in [0.717, 1.165) is 32.8 Å². The highest BCUT2D eigenvalue weighted by Crippen LogP contribution is 2.51. The van der Waals surface area contributed by atoms with Crippen LogP contribution in [-0.4, -0.2) is 77.6 Å². The van der Waals surface area contributed by atoms with Crippen LogP contribution in [0.25, 0.3) is 11.6 Å². The number of carboxylic acids is 1. The highest BCUT2D eigenvalue weighted by Gasteiger charge is 2.58. The number of amides is 2. The lowest BCUT2D eigenvalue weighted by Crippen LogP contribution is -2.66. The Morgan fingerprint density at radius 3 is 2.18 bits per heavy atom. The zero-order valence-electron chi connectivity index (χ0n) is 34.7. The summed E-state index contributed by atoms with van der Waals surface area (Å²) in [6.07, 6.45) is 6.10. The molecule has 7 rings (SSSR count). The summed E-state index contributed by atoms with van der Waals surface area (Å²) in [4.78, 5) is 45.9. The van der Waals surface area contributed by atoms with Gasteiger partial charge in [-0.2, -0.15) is 0 Å². The fraction of sp³-hybridized carbons (Fsp3) is 0.375. The van der Waals surface area contributed by atoms with Gasteiger partial charge in [-0.1, -0.05) is 112 Å². The molecular formula is C48H55BN2O8Si. The number of benzene rings is 3. The van der Waals surface area contributed by atoms with Gasteiger partial charge < -0.3 is 24.3 Å². The van der Waals surface area contributed by atoms with Gasteiger partial charge in [0.1, 0.15) is 5.75 Å². The van der Waals surface area contributed by atoms with E-state index in [4.69, 9.17) is 14.2 Å². The number of unbranched alkanes of at least 4 members (excludes halogenated alkanes) is 2. The van der Waals surface area contributed by atoms with Gasteiger partial charge in [-0.15, -0.1) is 0 Å². The topological polar surface area (TPSA) is 146 Å². The summed E-state index contributed by atoms with van der Waals surface area (Å²) in [5, 5.41) is 33.2. The van der Waals surface area contributed by atoms with E-state index in [1.807, 2.05) is 72.8 Å². The Kier molecular flexibility index (Phi) is 13.3. The van der Waals surface area contributed by atoms with Gasteiger partial charge in [0.15, 0.2) is 0 Å². The average molecular weight is 827 g/mol. The van der Waals surface area contributed by atoms with E-state index in [2.05, 4.69) is 50.0 Å². The van der Waals surface area contributed by atoms with Gasteiger partial charge in [0.2, 0.25) is 11.8 Å². The fourth-order valence-electron chi connectivity index (χ4n) is 9.77. The van der Waals surface area contributed by atoms with Gasteiger partial charge in [-0.25, -0.2) is 0 Å². The molecule has 3 aromatic carbocycles. The Bertz CT molecular complexity index is 2170. The van der Waals surface area contributed by atoms with Crippen LogP contribution in [0.2, 0.25) is 11.4 Å². The Balaban J connectivity index is 1.28. The standard InChI is InChI=1S/C48H55BN2O8Si/c1-48(2,3)60(36-18-7-4-8-19-36,37-20-9-5-10-21-37)58-32-35-30-38-45(47(56)51(46(38)55)28-16-6-11-24-43(53)54)39-31-49(57)59-42(44(35)39)26-25-33(40-22-14-15-27-50-40)29-34-17-12-13-23-41(34)52/h4-5,7-10,12-15,17-23,27,29,38-39,42,45,52,57H,6,11,16,24-26,28,30-32H2,1-3H3,(H,53,54)/b33-29-/t38-,39+,42-,45-/m1/s1. The second kappa shape index (κ2) is 18.6. The minimum atomic E-state index is -3.04. The third-order valence-electron chi connectivity index (χ3n) is 12.5. The highest BCUT2D eigenvalue weighted by atomic mass is 28.4. The number of allylic oxidation sites excluding steroid dienone is 1. The van der Waals surface area contributed by atoms with Crippen molar-refractivity contribution in [2.75, 3.05) is 13.2 Å². The third kappa shape index (κ3) is 8.98. The van der Waals surface area contributed by atoms with E-state index in [1.54, 1.807) is 18.3 Å². The zero-order valence-corrected chi connectivity index (χ0v) is 35.7. The molecule has 0 saturated carbocycles. The number of fused-ring (bicyclic) bond motifs is 3. The first kappa shape index (κ1) is 43.0. The second-order valence-electron chi connectivity index (χ2n) is 17.3. The van der Waals surface area contributed by atoms with Gasteiger partial charge in [-0.05, 0) is 101 Å². The molecular weight excluding hydrogens is 771 g/mol. The summed E-state index contributed by atoms with van der Waals surface area (Å²) in [7, 11) is -4.19. The molecule has 3 aliphatic rings. The van der Waals surface area contributed by atoms with Gasteiger partial charge >= 0.3 is 13.1 Å². The normalized spacial score (nSPS) is 21.0. The number of carbonyl (C=O) groups is 3. The second-order valence-corrected chi connectivity index (χ2v) is 21.6. The number of para-hydroxylation sites is 1. The number of rotatable bonds is 16. The van der Waals surface area contributed by atoms with Crippen molar-refractivity contribution in [3.8, 4) is 5.75 Å².